The van der Waals surface area contributed by atoms with Crippen LogP contribution in [0.2, 0.25) is 0 Å². The zero-order valence-electron chi connectivity index (χ0n) is 12.5. The van der Waals surface area contributed by atoms with Gasteiger partial charge in [0.25, 0.3) is 0 Å². The molecule has 0 amide bonds. The lowest BCUT2D eigenvalue weighted by Gasteiger charge is -2.15. The topological polar surface area (TPSA) is 35.0 Å². The number of nitrogens with zero attached hydrogens (tertiary/aromatic N) is 2. The van der Waals surface area contributed by atoms with E-state index in [9.17, 15) is 0 Å². The van der Waals surface area contributed by atoms with Crippen molar-refractivity contribution in [2.75, 3.05) is 7.11 Å². The Labute approximate surface area is 114 Å². The van der Waals surface area contributed by atoms with E-state index in [0.29, 0.717) is 0 Å². The fourth-order valence-electron chi connectivity index (χ4n) is 2.49. The highest BCUT2D eigenvalue weighted by Gasteiger charge is 2.13. The standard InChI is InChI=1S/C16H20N2O/c1-9-7-14(11(3)12(4)16(9)19-6)15-8-10(2)17-13(5)18-15/h7-8H,1-6H3. The Morgan fingerprint density at radius 3 is 2.16 bits per heavy atom. The number of aromatic nitrogens is 2. The molecule has 0 aliphatic carbocycles. The molecule has 0 spiro atoms. The van der Waals surface area contributed by atoms with Gasteiger partial charge < -0.3 is 4.74 Å². The number of methoxy groups -OCH3 is 1. The second-order valence-corrected chi connectivity index (χ2v) is 4.97. The van der Waals surface area contributed by atoms with Crippen molar-refractivity contribution in [1.82, 2.24) is 9.97 Å². The minimum Gasteiger partial charge on any atom is -0.496 e. The lowest BCUT2D eigenvalue weighted by molar-refractivity contribution is 0.408. The normalized spacial score (nSPS) is 10.6. The van der Waals surface area contributed by atoms with Gasteiger partial charge in [-0.3, -0.25) is 0 Å². The predicted molar refractivity (Wildman–Crippen MR) is 77.7 cm³/mol. The van der Waals surface area contributed by atoms with Gasteiger partial charge in [0.2, 0.25) is 0 Å². The van der Waals surface area contributed by atoms with E-state index < -0.39 is 0 Å². The van der Waals surface area contributed by atoms with E-state index in [1.165, 1.54) is 11.1 Å². The van der Waals surface area contributed by atoms with Crippen molar-refractivity contribution >= 4 is 0 Å². The fourth-order valence-corrected chi connectivity index (χ4v) is 2.49. The van der Waals surface area contributed by atoms with Crippen molar-refractivity contribution in [3.63, 3.8) is 0 Å². The molecular formula is C16H20N2O. The molecule has 100 valence electrons. The maximum atomic E-state index is 5.46. The van der Waals surface area contributed by atoms with Gasteiger partial charge in [-0.15, -0.1) is 0 Å². The van der Waals surface area contributed by atoms with Gasteiger partial charge in [0.1, 0.15) is 11.6 Å². The maximum Gasteiger partial charge on any atom is 0.126 e. The van der Waals surface area contributed by atoms with Crippen LogP contribution in [0.5, 0.6) is 5.75 Å². The van der Waals surface area contributed by atoms with E-state index >= 15 is 0 Å². The van der Waals surface area contributed by atoms with Gasteiger partial charge >= 0.3 is 0 Å². The van der Waals surface area contributed by atoms with Gasteiger partial charge in [-0.2, -0.15) is 0 Å². The summed E-state index contributed by atoms with van der Waals surface area (Å²) in [4.78, 5) is 8.88. The molecule has 1 aromatic carbocycles. The zero-order chi connectivity index (χ0) is 14.2. The average Bonchev–Trinajstić information content (AvgIpc) is 2.33. The third kappa shape index (κ3) is 2.46. The van der Waals surface area contributed by atoms with E-state index in [1.54, 1.807) is 7.11 Å². The molecular weight excluding hydrogens is 236 g/mol. The molecule has 0 saturated carbocycles. The summed E-state index contributed by atoms with van der Waals surface area (Å²) in [6.45, 7) is 10.2. The molecule has 3 heteroatoms. The number of aryl methyl sites for hydroxylation is 3. The van der Waals surface area contributed by atoms with Gasteiger partial charge in [0.15, 0.2) is 0 Å². The molecule has 0 bridgehead atoms. The molecule has 19 heavy (non-hydrogen) atoms. The fraction of sp³-hybridized carbons (Fsp3) is 0.375. The van der Waals surface area contributed by atoms with Gasteiger partial charge in [-0.25, -0.2) is 9.97 Å². The highest BCUT2D eigenvalue weighted by atomic mass is 16.5. The molecule has 2 aromatic rings. The van der Waals surface area contributed by atoms with Crippen LogP contribution in [-0.2, 0) is 0 Å². The first-order valence-electron chi connectivity index (χ1n) is 6.41. The van der Waals surface area contributed by atoms with Crippen LogP contribution in [0.15, 0.2) is 12.1 Å². The van der Waals surface area contributed by atoms with Crippen LogP contribution in [0.25, 0.3) is 11.3 Å². The van der Waals surface area contributed by atoms with Crippen molar-refractivity contribution in [1.29, 1.82) is 0 Å². The molecule has 0 atom stereocenters. The number of rotatable bonds is 2. The molecule has 2 rings (SSSR count). The Kier molecular flexibility index (Phi) is 3.56. The van der Waals surface area contributed by atoms with Gasteiger partial charge in [0.05, 0.1) is 12.8 Å². The summed E-state index contributed by atoms with van der Waals surface area (Å²) in [5.74, 6) is 1.77. The van der Waals surface area contributed by atoms with E-state index in [2.05, 4.69) is 36.8 Å². The predicted octanol–water partition coefficient (Wildman–Crippen LogP) is 3.69. The zero-order valence-corrected chi connectivity index (χ0v) is 12.5. The number of hydrogen-bond donors (Lipinski definition) is 0. The first-order chi connectivity index (χ1) is 8.93. The largest absolute Gasteiger partial charge is 0.496 e. The van der Waals surface area contributed by atoms with Crippen molar-refractivity contribution in [3.05, 3.63) is 40.3 Å². The Hall–Kier alpha value is -1.90. The summed E-state index contributed by atoms with van der Waals surface area (Å²) < 4.78 is 5.46. The smallest absolute Gasteiger partial charge is 0.126 e. The van der Waals surface area contributed by atoms with Crippen LogP contribution in [0, 0.1) is 34.6 Å². The quantitative estimate of drug-likeness (QED) is 0.822. The number of ether oxygens (including phenoxy) is 1. The van der Waals surface area contributed by atoms with Gasteiger partial charge in [-0.1, -0.05) is 0 Å². The van der Waals surface area contributed by atoms with E-state index in [-0.39, 0.29) is 0 Å². The molecule has 1 heterocycles. The third-order valence-electron chi connectivity index (χ3n) is 3.47. The van der Waals surface area contributed by atoms with E-state index in [4.69, 9.17) is 4.74 Å². The molecule has 0 saturated heterocycles. The molecule has 0 N–H and O–H groups in total. The Bertz CT molecular complexity index is 613. The van der Waals surface area contributed by atoms with Gasteiger partial charge in [0, 0.05) is 11.3 Å². The summed E-state index contributed by atoms with van der Waals surface area (Å²) in [5, 5.41) is 0. The van der Waals surface area contributed by atoms with Crippen LogP contribution in [0.1, 0.15) is 28.2 Å². The first-order valence-corrected chi connectivity index (χ1v) is 6.41. The summed E-state index contributed by atoms with van der Waals surface area (Å²) in [6, 6.07) is 4.17. The molecule has 0 radical (unpaired) electrons. The van der Waals surface area contributed by atoms with Crippen LogP contribution < -0.4 is 4.74 Å². The SMILES string of the molecule is COc1c(C)cc(-c2cc(C)nc(C)n2)c(C)c1C. The second kappa shape index (κ2) is 5.00. The van der Waals surface area contributed by atoms with Crippen LogP contribution in [0.3, 0.4) is 0 Å². The third-order valence-corrected chi connectivity index (χ3v) is 3.47. The summed E-state index contributed by atoms with van der Waals surface area (Å²) >= 11 is 0. The lowest BCUT2D eigenvalue weighted by Crippen LogP contribution is -1.99. The van der Waals surface area contributed by atoms with Crippen LogP contribution in [0.4, 0.5) is 0 Å². The number of benzene rings is 1. The Morgan fingerprint density at radius 1 is 0.895 bits per heavy atom. The van der Waals surface area contributed by atoms with E-state index in [0.717, 1.165) is 34.1 Å². The lowest BCUT2D eigenvalue weighted by atomic mass is 9.96. The molecule has 0 aliphatic rings. The number of hydrogen-bond acceptors (Lipinski definition) is 3. The monoisotopic (exact) mass is 256 g/mol. The van der Waals surface area contributed by atoms with Crippen LogP contribution in [-0.4, -0.2) is 17.1 Å². The maximum absolute atomic E-state index is 5.46. The van der Waals surface area contributed by atoms with Crippen molar-refractivity contribution in [2.45, 2.75) is 34.6 Å². The highest BCUT2D eigenvalue weighted by Crippen LogP contribution is 2.33. The minimum absolute atomic E-state index is 0.806. The van der Waals surface area contributed by atoms with Gasteiger partial charge in [-0.05, 0) is 63.4 Å². The van der Waals surface area contributed by atoms with Crippen LogP contribution >= 0.6 is 0 Å². The Morgan fingerprint density at radius 2 is 1.58 bits per heavy atom. The molecule has 0 aliphatic heterocycles. The average molecular weight is 256 g/mol. The van der Waals surface area contributed by atoms with Crippen molar-refractivity contribution < 1.29 is 4.74 Å². The summed E-state index contributed by atoms with van der Waals surface area (Å²) in [6.07, 6.45) is 0. The Balaban J connectivity index is 2.69. The second-order valence-electron chi connectivity index (χ2n) is 4.97. The highest BCUT2D eigenvalue weighted by molar-refractivity contribution is 5.69. The summed E-state index contributed by atoms with van der Waals surface area (Å²) in [7, 11) is 1.72. The molecule has 3 nitrogen and oxygen atoms in total. The molecule has 0 unspecified atom stereocenters. The molecule has 0 fully saturated rings. The van der Waals surface area contributed by atoms with Crippen molar-refractivity contribution in [2.24, 2.45) is 0 Å². The summed E-state index contributed by atoms with van der Waals surface area (Å²) in [5.41, 5.74) is 6.65. The van der Waals surface area contributed by atoms with E-state index in [1.807, 2.05) is 19.9 Å². The first kappa shape index (κ1) is 13.5. The van der Waals surface area contributed by atoms with Crippen molar-refractivity contribution in [3.8, 4) is 17.0 Å². The molecule has 1 aromatic heterocycles. The minimum atomic E-state index is 0.806.